The predicted molar refractivity (Wildman–Crippen MR) is 153 cm³/mol. The summed E-state index contributed by atoms with van der Waals surface area (Å²) in [5.74, 6) is -1.06. The van der Waals surface area contributed by atoms with Crippen LogP contribution in [0.1, 0.15) is 41.3 Å². The minimum absolute atomic E-state index is 0.208. The van der Waals surface area contributed by atoms with Gasteiger partial charge in [-0.25, -0.2) is 4.39 Å². The van der Waals surface area contributed by atoms with E-state index in [1.807, 2.05) is 24.4 Å². The molecule has 4 aromatic rings. The molecule has 1 fully saturated rings. The zero-order chi connectivity index (χ0) is 26.6. The Kier molecular flexibility index (Phi) is 8.12. The highest BCUT2D eigenvalue weighted by molar-refractivity contribution is 6.31. The molecule has 2 heterocycles. The third-order valence-electron chi connectivity index (χ3n) is 7.47. The minimum atomic E-state index is -0.625. The predicted octanol–water partition coefficient (Wildman–Crippen LogP) is 6.32. The molecule has 2 N–H and O–H groups in total. The molecule has 0 aliphatic carbocycles. The fourth-order valence-corrected chi connectivity index (χ4v) is 5.59. The molecule has 38 heavy (non-hydrogen) atoms. The van der Waals surface area contributed by atoms with Crippen LogP contribution >= 0.6 is 11.6 Å². The van der Waals surface area contributed by atoms with E-state index < -0.39 is 11.7 Å². The van der Waals surface area contributed by atoms with E-state index in [4.69, 9.17) is 17.3 Å². The monoisotopic (exact) mass is 532 g/mol. The standard InChI is InChI=1S/C31H34ClFN4O/c1-2-3-13-37-21-26(30-24(31(34)38)8-6-10-28(30)33)25-18-22(11-12-29(25)37)19-35-14-16-36(17-15-35)20-23-7-4-5-9-27(23)32/h4-12,18,21H,2-3,13-17,19-20H2,1H3,(H2,34,38). The Morgan fingerprint density at radius 3 is 2.42 bits per heavy atom. The molecule has 0 atom stereocenters. The number of nitrogens with two attached hydrogens (primary N) is 1. The maximum absolute atomic E-state index is 15.1. The van der Waals surface area contributed by atoms with Gasteiger partial charge in [0.2, 0.25) is 5.91 Å². The van der Waals surface area contributed by atoms with Crippen LogP contribution in [0.4, 0.5) is 4.39 Å². The largest absolute Gasteiger partial charge is 0.366 e. The fraction of sp³-hybridized carbons (Fsp3) is 0.323. The summed E-state index contributed by atoms with van der Waals surface area (Å²) >= 11 is 6.36. The Labute approximate surface area is 228 Å². The molecule has 1 aromatic heterocycles. The SMILES string of the molecule is CCCCn1cc(-c2c(F)cccc2C(N)=O)c2cc(CN3CCN(Cc4ccccc4Cl)CC3)ccc21. The number of amides is 1. The number of piperazine rings is 1. The first-order valence-electron chi connectivity index (χ1n) is 13.3. The van der Waals surface area contributed by atoms with E-state index in [1.54, 1.807) is 6.07 Å². The third-order valence-corrected chi connectivity index (χ3v) is 7.84. The summed E-state index contributed by atoms with van der Waals surface area (Å²) in [5.41, 5.74) is 10.2. The van der Waals surface area contributed by atoms with Gasteiger partial charge in [-0.15, -0.1) is 0 Å². The number of carbonyl (C=O) groups is 1. The van der Waals surface area contributed by atoms with Crippen molar-refractivity contribution in [3.63, 3.8) is 0 Å². The maximum atomic E-state index is 15.1. The van der Waals surface area contributed by atoms with Crippen LogP contribution in [0, 0.1) is 5.82 Å². The molecular weight excluding hydrogens is 499 g/mol. The Hall–Kier alpha value is -3.19. The van der Waals surface area contributed by atoms with Gasteiger partial charge < -0.3 is 10.3 Å². The summed E-state index contributed by atoms with van der Waals surface area (Å²) in [6.07, 6.45) is 4.05. The first kappa shape index (κ1) is 26.4. The molecule has 1 aliphatic heterocycles. The molecule has 1 amide bonds. The number of benzene rings is 3. The number of halogens is 2. The summed E-state index contributed by atoms with van der Waals surface area (Å²) in [7, 11) is 0. The maximum Gasteiger partial charge on any atom is 0.249 e. The Morgan fingerprint density at radius 2 is 1.71 bits per heavy atom. The van der Waals surface area contributed by atoms with Crippen molar-refractivity contribution in [2.45, 2.75) is 39.4 Å². The van der Waals surface area contributed by atoms with Crippen molar-refractivity contribution in [3.8, 4) is 11.1 Å². The summed E-state index contributed by atoms with van der Waals surface area (Å²) in [5, 5.41) is 1.77. The number of primary amides is 1. The van der Waals surface area contributed by atoms with Crippen LogP contribution in [0.3, 0.4) is 0 Å². The second-order valence-corrected chi connectivity index (χ2v) is 10.5. The number of unbranched alkanes of at least 4 members (excludes halogenated alkanes) is 1. The first-order valence-corrected chi connectivity index (χ1v) is 13.7. The molecule has 5 nitrogen and oxygen atoms in total. The van der Waals surface area contributed by atoms with Gasteiger partial charge in [0.05, 0.1) is 0 Å². The van der Waals surface area contributed by atoms with Crippen molar-refractivity contribution in [2.24, 2.45) is 5.73 Å². The molecule has 0 saturated carbocycles. The number of nitrogens with zero attached hydrogens (tertiary/aromatic N) is 3. The second-order valence-electron chi connectivity index (χ2n) is 10.1. The highest BCUT2D eigenvalue weighted by atomic mass is 35.5. The minimum Gasteiger partial charge on any atom is -0.366 e. The molecule has 3 aromatic carbocycles. The Balaban J connectivity index is 1.39. The van der Waals surface area contributed by atoms with Gasteiger partial charge in [-0.05, 0) is 47.9 Å². The second kappa shape index (κ2) is 11.7. The molecule has 5 rings (SSSR count). The number of hydrogen-bond acceptors (Lipinski definition) is 3. The molecule has 0 bridgehead atoms. The van der Waals surface area contributed by atoms with E-state index in [-0.39, 0.29) is 11.1 Å². The summed E-state index contributed by atoms with van der Waals surface area (Å²) in [4.78, 5) is 17.1. The lowest BCUT2D eigenvalue weighted by atomic mass is 9.97. The number of aryl methyl sites for hydroxylation is 1. The van der Waals surface area contributed by atoms with E-state index in [1.165, 1.54) is 17.7 Å². The van der Waals surface area contributed by atoms with Crippen LogP contribution in [0.5, 0.6) is 0 Å². The Morgan fingerprint density at radius 1 is 0.974 bits per heavy atom. The van der Waals surface area contributed by atoms with Crippen LogP contribution in [-0.2, 0) is 19.6 Å². The molecule has 7 heteroatoms. The van der Waals surface area contributed by atoms with Crippen molar-refractivity contribution in [3.05, 3.63) is 94.4 Å². The van der Waals surface area contributed by atoms with Crippen LogP contribution in [0.15, 0.2) is 66.9 Å². The van der Waals surface area contributed by atoms with Crippen molar-refractivity contribution in [1.82, 2.24) is 14.4 Å². The van der Waals surface area contributed by atoms with Crippen molar-refractivity contribution < 1.29 is 9.18 Å². The molecule has 0 unspecified atom stereocenters. The van der Waals surface area contributed by atoms with Gasteiger partial charge in [0.15, 0.2) is 0 Å². The topological polar surface area (TPSA) is 54.5 Å². The number of rotatable bonds is 9. The lowest BCUT2D eigenvalue weighted by molar-refractivity contribution is 0.100. The van der Waals surface area contributed by atoms with Crippen molar-refractivity contribution in [2.75, 3.05) is 26.2 Å². The van der Waals surface area contributed by atoms with Crippen LogP contribution in [0.2, 0.25) is 5.02 Å². The molecule has 1 aliphatic rings. The summed E-state index contributed by atoms with van der Waals surface area (Å²) < 4.78 is 17.3. The molecule has 198 valence electrons. The number of fused-ring (bicyclic) bond motifs is 1. The number of carbonyl (C=O) groups excluding carboxylic acids is 1. The smallest absolute Gasteiger partial charge is 0.249 e. The van der Waals surface area contributed by atoms with E-state index in [0.29, 0.717) is 0 Å². The number of hydrogen-bond donors (Lipinski definition) is 1. The fourth-order valence-electron chi connectivity index (χ4n) is 5.39. The average molecular weight is 533 g/mol. The van der Waals surface area contributed by atoms with Gasteiger partial charge in [0.1, 0.15) is 5.82 Å². The molecular formula is C31H34ClFN4O. The zero-order valence-electron chi connectivity index (χ0n) is 21.8. The summed E-state index contributed by atoms with van der Waals surface area (Å²) in [6, 6.07) is 19.0. The number of aromatic nitrogens is 1. The van der Waals surface area contributed by atoms with Crippen LogP contribution in [0.25, 0.3) is 22.0 Å². The lowest BCUT2D eigenvalue weighted by Crippen LogP contribution is -2.45. The Bertz CT molecular complexity index is 1440. The highest BCUT2D eigenvalue weighted by Gasteiger charge is 2.21. The lowest BCUT2D eigenvalue weighted by Gasteiger charge is -2.35. The zero-order valence-corrected chi connectivity index (χ0v) is 22.6. The van der Waals surface area contributed by atoms with Gasteiger partial charge in [0, 0.05) is 84.6 Å². The molecule has 1 saturated heterocycles. The van der Waals surface area contributed by atoms with E-state index in [9.17, 15) is 4.79 Å². The van der Waals surface area contributed by atoms with Crippen molar-refractivity contribution >= 4 is 28.4 Å². The third kappa shape index (κ3) is 5.63. The highest BCUT2D eigenvalue weighted by Crippen LogP contribution is 2.36. The molecule has 0 spiro atoms. The van der Waals surface area contributed by atoms with Gasteiger partial charge in [-0.2, -0.15) is 0 Å². The van der Waals surface area contributed by atoms with Gasteiger partial charge in [0.25, 0.3) is 0 Å². The average Bonchev–Trinajstić information content (AvgIpc) is 3.27. The summed E-state index contributed by atoms with van der Waals surface area (Å²) in [6.45, 7) is 8.54. The molecule has 0 radical (unpaired) electrons. The van der Waals surface area contributed by atoms with Gasteiger partial charge in [-0.3, -0.25) is 14.6 Å². The van der Waals surface area contributed by atoms with E-state index >= 15 is 4.39 Å². The van der Waals surface area contributed by atoms with Crippen LogP contribution in [-0.4, -0.2) is 46.5 Å². The van der Waals surface area contributed by atoms with E-state index in [0.717, 1.165) is 85.7 Å². The van der Waals surface area contributed by atoms with Crippen molar-refractivity contribution in [1.29, 1.82) is 0 Å². The normalized spacial score (nSPS) is 14.8. The van der Waals surface area contributed by atoms with Crippen LogP contribution < -0.4 is 5.73 Å². The van der Waals surface area contributed by atoms with Gasteiger partial charge in [-0.1, -0.05) is 55.3 Å². The first-order chi connectivity index (χ1) is 18.4. The van der Waals surface area contributed by atoms with E-state index in [2.05, 4.69) is 45.6 Å². The quantitative estimate of drug-likeness (QED) is 0.274. The van der Waals surface area contributed by atoms with Gasteiger partial charge >= 0.3 is 0 Å².